The van der Waals surface area contributed by atoms with Gasteiger partial charge in [-0.25, -0.2) is 13.6 Å². The lowest BCUT2D eigenvalue weighted by molar-refractivity contribution is 0.0996. The molecule has 0 saturated heterocycles. The molecule has 150 valence electrons. The number of urea groups is 1. The molecule has 0 atom stereocenters. The summed E-state index contributed by atoms with van der Waals surface area (Å²) in [7, 11) is 0. The summed E-state index contributed by atoms with van der Waals surface area (Å²) in [5.74, 6) is -2.16. The Morgan fingerprint density at radius 1 is 1.24 bits per heavy atom. The number of aromatic nitrogens is 2. The van der Waals surface area contributed by atoms with E-state index >= 15 is 0 Å². The van der Waals surface area contributed by atoms with Crippen LogP contribution in [0.3, 0.4) is 0 Å². The van der Waals surface area contributed by atoms with Crippen LogP contribution in [0.1, 0.15) is 21.5 Å². The van der Waals surface area contributed by atoms with Crippen LogP contribution in [-0.2, 0) is 13.2 Å². The molecule has 3 amide bonds. The normalized spacial score (nSPS) is 10.4. The molecule has 0 aliphatic rings. The molecule has 0 aliphatic heterocycles. The highest BCUT2D eigenvalue weighted by atomic mass is 32.1. The number of halogens is 2. The number of rotatable bonds is 7. The molecular formula is C18H15F2N5O3S. The highest BCUT2D eigenvalue weighted by molar-refractivity contribution is 7.11. The molecule has 0 spiro atoms. The van der Waals surface area contributed by atoms with Crippen molar-refractivity contribution in [3.05, 3.63) is 71.1 Å². The SMILES string of the molecule is NC(=O)c1c(OCc2cccnc2)nsc1NC(=O)NCc1cc(F)ccc1F. The number of pyridine rings is 1. The Balaban J connectivity index is 1.65. The second-order valence-corrected chi connectivity index (χ2v) is 6.52. The Morgan fingerprint density at radius 3 is 2.79 bits per heavy atom. The maximum Gasteiger partial charge on any atom is 0.320 e. The van der Waals surface area contributed by atoms with Crippen LogP contribution in [0.5, 0.6) is 5.88 Å². The maximum atomic E-state index is 13.6. The van der Waals surface area contributed by atoms with Crippen LogP contribution in [0, 0.1) is 11.6 Å². The van der Waals surface area contributed by atoms with E-state index in [0.29, 0.717) is 0 Å². The van der Waals surface area contributed by atoms with E-state index < -0.39 is 23.6 Å². The molecule has 0 saturated carbocycles. The standard InChI is InChI=1S/C18H15F2N5O3S/c19-12-3-4-13(20)11(6-12)8-23-18(27)24-17-14(15(21)26)16(25-29-17)28-9-10-2-1-5-22-7-10/h1-7H,8-9H2,(H2,21,26)(H2,23,24,27). The van der Waals surface area contributed by atoms with Crippen molar-refractivity contribution in [2.45, 2.75) is 13.2 Å². The third-order valence-electron chi connectivity index (χ3n) is 3.68. The van der Waals surface area contributed by atoms with Crippen molar-refractivity contribution in [3.8, 4) is 5.88 Å². The second-order valence-electron chi connectivity index (χ2n) is 5.75. The number of nitrogens with one attached hydrogen (secondary N) is 2. The highest BCUT2D eigenvalue weighted by Gasteiger charge is 2.22. The van der Waals surface area contributed by atoms with E-state index in [-0.39, 0.29) is 35.2 Å². The van der Waals surface area contributed by atoms with E-state index in [1.807, 2.05) is 0 Å². The third-order valence-corrected chi connectivity index (χ3v) is 4.43. The van der Waals surface area contributed by atoms with Crippen molar-refractivity contribution < 1.29 is 23.1 Å². The van der Waals surface area contributed by atoms with E-state index in [2.05, 4.69) is 20.0 Å². The molecular weight excluding hydrogens is 404 g/mol. The number of carbonyl (C=O) groups excluding carboxylic acids is 2. The lowest BCUT2D eigenvalue weighted by atomic mass is 10.2. The van der Waals surface area contributed by atoms with Crippen LogP contribution in [0.2, 0.25) is 0 Å². The summed E-state index contributed by atoms with van der Waals surface area (Å²) in [6.07, 6.45) is 3.20. The fourth-order valence-corrected chi connectivity index (χ4v) is 3.05. The fraction of sp³-hybridized carbons (Fsp3) is 0.111. The lowest BCUT2D eigenvalue weighted by Gasteiger charge is -2.08. The quantitative estimate of drug-likeness (QED) is 0.544. The third kappa shape index (κ3) is 5.23. The first kappa shape index (κ1) is 20.1. The predicted molar refractivity (Wildman–Crippen MR) is 101 cm³/mol. The average Bonchev–Trinajstić information content (AvgIpc) is 3.10. The van der Waals surface area contributed by atoms with Crippen LogP contribution in [0.4, 0.5) is 18.6 Å². The predicted octanol–water partition coefficient (Wildman–Crippen LogP) is 2.82. The van der Waals surface area contributed by atoms with Gasteiger partial charge in [0.2, 0.25) is 5.88 Å². The molecule has 0 radical (unpaired) electrons. The van der Waals surface area contributed by atoms with Crippen LogP contribution in [-0.4, -0.2) is 21.3 Å². The van der Waals surface area contributed by atoms with Gasteiger partial charge < -0.3 is 15.8 Å². The van der Waals surface area contributed by atoms with Crippen molar-refractivity contribution >= 4 is 28.5 Å². The van der Waals surface area contributed by atoms with Gasteiger partial charge >= 0.3 is 6.03 Å². The number of hydrogen-bond acceptors (Lipinski definition) is 6. The minimum absolute atomic E-state index is 0.0277. The van der Waals surface area contributed by atoms with Crippen molar-refractivity contribution in [3.63, 3.8) is 0 Å². The Morgan fingerprint density at radius 2 is 2.07 bits per heavy atom. The Bertz CT molecular complexity index is 1030. The van der Waals surface area contributed by atoms with Crippen LogP contribution in [0.25, 0.3) is 0 Å². The van der Waals surface area contributed by atoms with Gasteiger partial charge in [0.1, 0.15) is 28.8 Å². The lowest BCUT2D eigenvalue weighted by Crippen LogP contribution is -2.29. The number of primary amides is 1. The van der Waals surface area contributed by atoms with Gasteiger partial charge in [0, 0.05) is 30.1 Å². The van der Waals surface area contributed by atoms with E-state index in [1.165, 1.54) is 0 Å². The summed E-state index contributed by atoms with van der Waals surface area (Å²) in [5, 5.41) is 4.85. The number of amides is 3. The van der Waals surface area contributed by atoms with Crippen LogP contribution in [0.15, 0.2) is 42.7 Å². The molecule has 0 fully saturated rings. The molecule has 0 aliphatic carbocycles. The number of ether oxygens (including phenoxy) is 1. The fourth-order valence-electron chi connectivity index (χ4n) is 2.31. The number of hydrogen-bond donors (Lipinski definition) is 3. The molecule has 3 aromatic rings. The van der Waals surface area contributed by atoms with E-state index in [9.17, 15) is 18.4 Å². The molecule has 4 N–H and O–H groups in total. The van der Waals surface area contributed by atoms with Crippen LogP contribution >= 0.6 is 11.5 Å². The van der Waals surface area contributed by atoms with Crippen molar-refractivity contribution in [2.75, 3.05) is 5.32 Å². The highest BCUT2D eigenvalue weighted by Crippen LogP contribution is 2.30. The summed E-state index contributed by atoms with van der Waals surface area (Å²) in [6, 6.07) is 5.67. The van der Waals surface area contributed by atoms with Crippen molar-refractivity contribution in [1.29, 1.82) is 0 Å². The van der Waals surface area contributed by atoms with Crippen molar-refractivity contribution in [1.82, 2.24) is 14.7 Å². The summed E-state index contributed by atoms with van der Waals surface area (Å²) in [6.45, 7) is -0.160. The average molecular weight is 419 g/mol. The number of nitrogens with two attached hydrogens (primary N) is 1. The summed E-state index contributed by atoms with van der Waals surface area (Å²) >= 11 is 0.798. The molecule has 11 heteroatoms. The van der Waals surface area contributed by atoms with Gasteiger partial charge in [-0.2, -0.15) is 4.37 Å². The molecule has 2 aromatic heterocycles. The van der Waals surface area contributed by atoms with Gasteiger partial charge in [0.15, 0.2) is 0 Å². The van der Waals surface area contributed by atoms with E-state index in [1.54, 1.807) is 24.5 Å². The smallest absolute Gasteiger partial charge is 0.320 e. The largest absolute Gasteiger partial charge is 0.472 e. The monoisotopic (exact) mass is 419 g/mol. The first-order valence-electron chi connectivity index (χ1n) is 8.24. The molecule has 0 unspecified atom stereocenters. The number of anilines is 1. The zero-order chi connectivity index (χ0) is 20.8. The zero-order valence-corrected chi connectivity index (χ0v) is 15.6. The van der Waals surface area contributed by atoms with E-state index in [0.717, 1.165) is 35.3 Å². The Labute approximate surface area is 167 Å². The van der Waals surface area contributed by atoms with E-state index in [4.69, 9.17) is 10.5 Å². The minimum Gasteiger partial charge on any atom is -0.472 e. The van der Waals surface area contributed by atoms with Gasteiger partial charge in [0.25, 0.3) is 5.91 Å². The summed E-state index contributed by atoms with van der Waals surface area (Å²) < 4.78 is 36.3. The first-order valence-corrected chi connectivity index (χ1v) is 9.01. The Hall–Kier alpha value is -3.60. The molecule has 1 aromatic carbocycles. The molecule has 3 rings (SSSR count). The van der Waals surface area contributed by atoms with Gasteiger partial charge in [-0.15, -0.1) is 0 Å². The molecule has 2 heterocycles. The minimum atomic E-state index is -0.841. The van der Waals surface area contributed by atoms with Crippen LogP contribution < -0.4 is 21.1 Å². The first-order chi connectivity index (χ1) is 13.9. The summed E-state index contributed by atoms with van der Waals surface area (Å²) in [4.78, 5) is 27.8. The maximum absolute atomic E-state index is 13.6. The zero-order valence-electron chi connectivity index (χ0n) is 14.8. The molecule has 29 heavy (non-hydrogen) atoms. The molecule has 8 nitrogen and oxygen atoms in total. The number of benzene rings is 1. The second kappa shape index (κ2) is 9.06. The topological polar surface area (TPSA) is 119 Å². The number of carbonyl (C=O) groups is 2. The van der Waals surface area contributed by atoms with Crippen molar-refractivity contribution in [2.24, 2.45) is 5.73 Å². The Kier molecular flexibility index (Phi) is 6.29. The van der Waals surface area contributed by atoms with Gasteiger partial charge in [-0.1, -0.05) is 6.07 Å². The van der Waals surface area contributed by atoms with Gasteiger partial charge in [0.05, 0.1) is 0 Å². The number of nitrogens with zero attached hydrogens (tertiary/aromatic N) is 2. The molecule has 0 bridgehead atoms. The van der Waals surface area contributed by atoms with Gasteiger partial charge in [-0.05, 0) is 35.8 Å². The van der Waals surface area contributed by atoms with Gasteiger partial charge in [-0.3, -0.25) is 15.1 Å². The summed E-state index contributed by atoms with van der Waals surface area (Å²) in [5.41, 5.74) is 6.01.